The second-order valence-corrected chi connectivity index (χ2v) is 10.7. The lowest BCUT2D eigenvalue weighted by Gasteiger charge is -2.19. The van der Waals surface area contributed by atoms with E-state index in [0.29, 0.717) is 22.4 Å². The number of nitrogens with one attached hydrogen (secondary N) is 1. The molecular formula is C28H33Cl3N2O. The van der Waals surface area contributed by atoms with Crippen LogP contribution in [-0.4, -0.2) is 12.1 Å². The number of allylic oxidation sites excluding steroid dienone is 1. The number of nitrogens with zero attached hydrogens (tertiary/aromatic N) is 1. The summed E-state index contributed by atoms with van der Waals surface area (Å²) < 4.78 is 0. The Morgan fingerprint density at radius 1 is 1.15 bits per heavy atom. The third-order valence-electron chi connectivity index (χ3n) is 6.36. The molecule has 34 heavy (non-hydrogen) atoms. The highest BCUT2D eigenvalue weighted by Crippen LogP contribution is 2.50. The fourth-order valence-electron chi connectivity index (χ4n) is 4.68. The molecule has 2 aromatic rings. The van der Waals surface area contributed by atoms with Gasteiger partial charge in [-0.15, -0.1) is 0 Å². The van der Waals surface area contributed by atoms with Gasteiger partial charge in [0.15, 0.2) is 0 Å². The Labute approximate surface area is 218 Å². The Morgan fingerprint density at radius 2 is 1.91 bits per heavy atom. The van der Waals surface area contributed by atoms with E-state index in [1.807, 2.05) is 31.2 Å². The van der Waals surface area contributed by atoms with Crippen LogP contribution >= 0.6 is 34.8 Å². The number of hydrogen-bond donors (Lipinski definition) is 1. The van der Waals surface area contributed by atoms with Crippen molar-refractivity contribution in [3.05, 3.63) is 73.7 Å². The molecule has 0 bridgehead atoms. The molecule has 6 heteroatoms. The molecule has 1 aliphatic rings. The zero-order valence-electron chi connectivity index (χ0n) is 20.3. The molecule has 2 unspecified atom stereocenters. The quantitative estimate of drug-likeness (QED) is 0.201. The van der Waals surface area contributed by atoms with E-state index in [9.17, 15) is 4.79 Å². The molecule has 2 atom stereocenters. The summed E-state index contributed by atoms with van der Waals surface area (Å²) in [5.41, 5.74) is 8.08. The van der Waals surface area contributed by atoms with Gasteiger partial charge in [-0.2, -0.15) is 5.10 Å². The SMILES string of the molecule is CCCC/C=N\NC(=O)C1CC(c2ccc(Cl)cc2Cl)C(c2ccc(Cl)c(CC(C)C)c2)=C1C. The lowest BCUT2D eigenvalue weighted by Crippen LogP contribution is -2.26. The molecule has 0 fully saturated rings. The van der Waals surface area contributed by atoms with Gasteiger partial charge >= 0.3 is 0 Å². The number of carbonyl (C=O) groups is 1. The van der Waals surface area contributed by atoms with E-state index < -0.39 is 0 Å². The summed E-state index contributed by atoms with van der Waals surface area (Å²) in [6.07, 6.45) is 6.30. The van der Waals surface area contributed by atoms with Gasteiger partial charge in [0, 0.05) is 27.2 Å². The first-order chi connectivity index (χ1) is 16.2. The average molecular weight is 520 g/mol. The Hall–Kier alpha value is -1.81. The molecule has 0 saturated carbocycles. The molecule has 2 aromatic carbocycles. The smallest absolute Gasteiger partial charge is 0.247 e. The van der Waals surface area contributed by atoms with Crippen LogP contribution in [0, 0.1) is 11.8 Å². The number of benzene rings is 2. The summed E-state index contributed by atoms with van der Waals surface area (Å²) >= 11 is 19.3. The maximum Gasteiger partial charge on any atom is 0.247 e. The molecule has 3 rings (SSSR count). The van der Waals surface area contributed by atoms with Crippen LogP contribution in [-0.2, 0) is 11.2 Å². The summed E-state index contributed by atoms with van der Waals surface area (Å²) in [6.45, 7) is 8.54. The van der Waals surface area contributed by atoms with Crippen molar-refractivity contribution in [1.29, 1.82) is 0 Å². The highest BCUT2D eigenvalue weighted by Gasteiger charge is 2.38. The minimum absolute atomic E-state index is 0.0299. The second-order valence-electron chi connectivity index (χ2n) is 9.44. The van der Waals surface area contributed by atoms with Crippen molar-refractivity contribution in [2.24, 2.45) is 16.9 Å². The maximum atomic E-state index is 13.1. The Bertz CT molecular complexity index is 1090. The minimum atomic E-state index is -0.292. The Kier molecular flexibility index (Phi) is 9.65. The van der Waals surface area contributed by atoms with Crippen LogP contribution in [0.2, 0.25) is 15.1 Å². The molecule has 0 aliphatic heterocycles. The van der Waals surface area contributed by atoms with Gasteiger partial charge in [-0.3, -0.25) is 4.79 Å². The summed E-state index contributed by atoms with van der Waals surface area (Å²) in [5.74, 6) is 0.0701. The first-order valence-corrected chi connectivity index (χ1v) is 13.1. The number of amides is 1. The average Bonchev–Trinajstić information content (AvgIpc) is 3.11. The van der Waals surface area contributed by atoms with Crippen molar-refractivity contribution in [2.75, 3.05) is 0 Å². The normalized spacial score (nSPS) is 18.4. The molecule has 0 aromatic heterocycles. The number of halogens is 3. The Morgan fingerprint density at radius 3 is 2.59 bits per heavy atom. The summed E-state index contributed by atoms with van der Waals surface area (Å²) in [5, 5.41) is 6.13. The highest BCUT2D eigenvalue weighted by molar-refractivity contribution is 6.35. The fourth-order valence-corrected chi connectivity index (χ4v) is 5.41. The van der Waals surface area contributed by atoms with E-state index in [1.165, 1.54) is 0 Å². The Balaban J connectivity index is 2.01. The van der Waals surface area contributed by atoms with Crippen molar-refractivity contribution < 1.29 is 4.79 Å². The van der Waals surface area contributed by atoms with Crippen LogP contribution in [0.1, 0.15) is 76.0 Å². The topological polar surface area (TPSA) is 41.5 Å². The standard InChI is InChI=1S/C28H33Cl3N2O/c1-5-6-7-12-32-33-28(34)23-16-24(22-10-9-21(29)15-26(22)31)27(18(23)4)19-8-11-25(30)20(14-19)13-17(2)3/h8-12,14-15,17,23-24H,5-7,13,16H2,1-4H3,(H,33,34)/b32-12-. The van der Waals surface area contributed by atoms with Gasteiger partial charge in [0.1, 0.15) is 0 Å². The summed E-state index contributed by atoms with van der Waals surface area (Å²) in [4.78, 5) is 13.1. The van der Waals surface area contributed by atoms with Crippen molar-refractivity contribution in [1.82, 2.24) is 5.43 Å². The van der Waals surface area contributed by atoms with Crippen LogP contribution < -0.4 is 5.43 Å². The van der Waals surface area contributed by atoms with Crippen LogP contribution in [0.3, 0.4) is 0 Å². The molecule has 0 radical (unpaired) electrons. The van der Waals surface area contributed by atoms with Crippen LogP contribution in [0.5, 0.6) is 0 Å². The zero-order valence-corrected chi connectivity index (χ0v) is 22.6. The van der Waals surface area contributed by atoms with Crippen molar-refractivity contribution in [2.45, 2.75) is 65.7 Å². The third kappa shape index (κ3) is 6.44. The molecule has 1 aliphatic carbocycles. The fraction of sp³-hybridized carbons (Fsp3) is 0.429. The molecule has 0 heterocycles. The first-order valence-electron chi connectivity index (χ1n) is 12.0. The van der Waals surface area contributed by atoms with Gasteiger partial charge in [0.05, 0.1) is 5.92 Å². The first kappa shape index (κ1) is 26.8. The molecule has 3 nitrogen and oxygen atoms in total. The van der Waals surface area contributed by atoms with E-state index in [0.717, 1.165) is 58.5 Å². The predicted molar refractivity (Wildman–Crippen MR) is 146 cm³/mol. The molecule has 0 spiro atoms. The van der Waals surface area contributed by atoms with Crippen molar-refractivity contribution in [3.63, 3.8) is 0 Å². The van der Waals surface area contributed by atoms with Crippen molar-refractivity contribution in [3.8, 4) is 0 Å². The monoisotopic (exact) mass is 518 g/mol. The third-order valence-corrected chi connectivity index (χ3v) is 7.29. The predicted octanol–water partition coefficient (Wildman–Crippen LogP) is 8.71. The van der Waals surface area contributed by atoms with E-state index in [4.69, 9.17) is 34.8 Å². The molecule has 182 valence electrons. The van der Waals surface area contributed by atoms with Gasteiger partial charge in [0.2, 0.25) is 5.91 Å². The maximum absolute atomic E-state index is 13.1. The van der Waals surface area contributed by atoms with Gasteiger partial charge in [-0.1, -0.05) is 79.7 Å². The highest BCUT2D eigenvalue weighted by atomic mass is 35.5. The largest absolute Gasteiger partial charge is 0.272 e. The summed E-state index contributed by atoms with van der Waals surface area (Å²) in [6, 6.07) is 11.8. The molecule has 1 amide bonds. The number of hydrogen-bond acceptors (Lipinski definition) is 2. The van der Waals surface area contributed by atoms with Gasteiger partial charge in [-0.25, -0.2) is 5.43 Å². The van der Waals surface area contributed by atoms with Gasteiger partial charge < -0.3 is 0 Å². The van der Waals surface area contributed by atoms with E-state index >= 15 is 0 Å². The minimum Gasteiger partial charge on any atom is -0.272 e. The zero-order chi connectivity index (χ0) is 24.8. The van der Waals surface area contributed by atoms with Crippen LogP contribution in [0.15, 0.2) is 47.1 Å². The van der Waals surface area contributed by atoms with Crippen LogP contribution in [0.25, 0.3) is 5.57 Å². The van der Waals surface area contributed by atoms with Crippen molar-refractivity contribution >= 4 is 52.5 Å². The lowest BCUT2D eigenvalue weighted by atomic mass is 9.86. The molecule has 1 N–H and O–H groups in total. The van der Waals surface area contributed by atoms with Crippen LogP contribution in [0.4, 0.5) is 0 Å². The van der Waals surface area contributed by atoms with Gasteiger partial charge in [-0.05, 0) is 85.1 Å². The molecular weight excluding hydrogens is 487 g/mol. The van der Waals surface area contributed by atoms with E-state index in [2.05, 4.69) is 37.4 Å². The molecule has 0 saturated heterocycles. The number of rotatable bonds is 9. The number of unbranched alkanes of at least 4 members (excludes halogenated alkanes) is 2. The number of hydrazone groups is 1. The lowest BCUT2D eigenvalue weighted by molar-refractivity contribution is -0.123. The second kappa shape index (κ2) is 12.2. The van der Waals surface area contributed by atoms with E-state index in [1.54, 1.807) is 12.3 Å². The van der Waals surface area contributed by atoms with Gasteiger partial charge in [0.25, 0.3) is 0 Å². The summed E-state index contributed by atoms with van der Waals surface area (Å²) in [7, 11) is 0. The van der Waals surface area contributed by atoms with E-state index in [-0.39, 0.29) is 17.7 Å². The number of carbonyl (C=O) groups excluding carboxylic acids is 1.